The first-order valence-corrected chi connectivity index (χ1v) is 7.68. The number of alkyl halides is 3. The lowest BCUT2D eigenvalue weighted by atomic mass is 10.1. The molecular formula is C16H18F3N5. The number of halogens is 3. The molecule has 0 aliphatic rings. The summed E-state index contributed by atoms with van der Waals surface area (Å²) in [6.07, 6.45) is -2.04. The van der Waals surface area contributed by atoms with E-state index >= 15 is 0 Å². The summed E-state index contributed by atoms with van der Waals surface area (Å²) in [5, 5.41) is 8.52. The normalized spacial score (nSPS) is 12.3. The Labute approximate surface area is 137 Å². The van der Waals surface area contributed by atoms with Gasteiger partial charge in [0.2, 0.25) is 0 Å². The highest BCUT2D eigenvalue weighted by Gasteiger charge is 2.35. The Morgan fingerprint density at radius 3 is 2.38 bits per heavy atom. The molecule has 0 aromatic carbocycles. The van der Waals surface area contributed by atoms with Crippen molar-refractivity contribution in [3.05, 3.63) is 29.2 Å². The molecule has 0 N–H and O–H groups in total. The van der Waals surface area contributed by atoms with Crippen LogP contribution in [0, 0.1) is 13.8 Å². The molecule has 5 nitrogen and oxygen atoms in total. The van der Waals surface area contributed by atoms with Crippen LogP contribution in [0.4, 0.5) is 13.2 Å². The van der Waals surface area contributed by atoms with Crippen LogP contribution in [-0.2, 0) is 19.8 Å². The van der Waals surface area contributed by atoms with Crippen molar-refractivity contribution in [2.45, 2.75) is 39.9 Å². The molecule has 3 aromatic heterocycles. The fraction of sp³-hybridized carbons (Fsp3) is 0.438. The van der Waals surface area contributed by atoms with Crippen molar-refractivity contribution in [3.8, 4) is 11.3 Å². The second-order valence-electron chi connectivity index (χ2n) is 5.86. The van der Waals surface area contributed by atoms with Crippen LogP contribution < -0.4 is 0 Å². The van der Waals surface area contributed by atoms with Crippen molar-refractivity contribution in [2.24, 2.45) is 7.05 Å². The SMILES string of the molecule is CCCn1nc(C)c2c(C(F)(F)F)cc(-c3cn(C)nc3C)nc21. The van der Waals surface area contributed by atoms with Crippen LogP contribution in [-0.4, -0.2) is 24.5 Å². The number of aromatic nitrogens is 5. The zero-order valence-corrected chi connectivity index (χ0v) is 13.9. The van der Waals surface area contributed by atoms with Crippen molar-refractivity contribution < 1.29 is 13.2 Å². The molecule has 0 radical (unpaired) electrons. The van der Waals surface area contributed by atoms with Gasteiger partial charge in [0.05, 0.1) is 28.0 Å². The van der Waals surface area contributed by atoms with Gasteiger partial charge < -0.3 is 0 Å². The Hall–Kier alpha value is -2.38. The van der Waals surface area contributed by atoms with E-state index in [0.29, 0.717) is 23.5 Å². The van der Waals surface area contributed by atoms with Crippen LogP contribution >= 0.6 is 0 Å². The van der Waals surface area contributed by atoms with Gasteiger partial charge >= 0.3 is 6.18 Å². The molecule has 0 fully saturated rings. The number of nitrogens with zero attached hydrogens (tertiary/aromatic N) is 5. The van der Waals surface area contributed by atoms with Gasteiger partial charge in [-0.25, -0.2) is 9.67 Å². The van der Waals surface area contributed by atoms with E-state index in [0.717, 1.165) is 12.5 Å². The molecule has 0 saturated carbocycles. The highest BCUT2D eigenvalue weighted by molar-refractivity contribution is 5.86. The van der Waals surface area contributed by atoms with Crippen LogP contribution in [0.5, 0.6) is 0 Å². The lowest BCUT2D eigenvalue weighted by molar-refractivity contribution is -0.136. The van der Waals surface area contributed by atoms with Crippen LogP contribution in [0.25, 0.3) is 22.3 Å². The fourth-order valence-corrected chi connectivity index (χ4v) is 2.93. The number of pyridine rings is 1. The second kappa shape index (κ2) is 5.61. The molecule has 0 unspecified atom stereocenters. The molecule has 8 heteroatoms. The minimum Gasteiger partial charge on any atom is -0.275 e. The summed E-state index contributed by atoms with van der Waals surface area (Å²) in [6, 6.07) is 1.09. The third-order valence-corrected chi connectivity index (χ3v) is 3.91. The monoisotopic (exact) mass is 337 g/mol. The number of rotatable bonds is 3. The zero-order chi connectivity index (χ0) is 17.6. The van der Waals surface area contributed by atoms with E-state index < -0.39 is 11.7 Å². The molecule has 0 atom stereocenters. The number of hydrogen-bond acceptors (Lipinski definition) is 3. The van der Waals surface area contributed by atoms with E-state index in [2.05, 4.69) is 15.2 Å². The molecule has 0 aliphatic heterocycles. The second-order valence-corrected chi connectivity index (χ2v) is 5.86. The van der Waals surface area contributed by atoms with Crippen molar-refractivity contribution in [3.63, 3.8) is 0 Å². The molecule has 0 amide bonds. The standard InChI is InChI=1S/C16H18F3N5/c1-5-6-24-15-14(10(3)22-24)12(16(17,18)19)7-13(20-15)11-8-23(4)21-9(11)2/h7-8H,5-6H2,1-4H3. The molecule has 3 heterocycles. The molecule has 3 rings (SSSR count). The predicted octanol–water partition coefficient (Wildman–Crippen LogP) is 3.88. The van der Waals surface area contributed by atoms with Crippen molar-refractivity contribution >= 4 is 11.0 Å². The minimum absolute atomic E-state index is 0.0706. The first-order valence-electron chi connectivity index (χ1n) is 7.68. The Bertz CT molecular complexity index is 905. The maximum Gasteiger partial charge on any atom is 0.417 e. The topological polar surface area (TPSA) is 48.5 Å². The summed E-state index contributed by atoms with van der Waals surface area (Å²) in [7, 11) is 1.73. The molecule has 0 aliphatic carbocycles. The maximum absolute atomic E-state index is 13.6. The van der Waals surface area contributed by atoms with Crippen LogP contribution in [0.1, 0.15) is 30.3 Å². The molecule has 24 heavy (non-hydrogen) atoms. The van der Waals surface area contributed by atoms with E-state index in [1.54, 1.807) is 36.5 Å². The first-order chi connectivity index (χ1) is 11.2. The zero-order valence-electron chi connectivity index (χ0n) is 13.9. The van der Waals surface area contributed by atoms with Crippen LogP contribution in [0.15, 0.2) is 12.3 Å². The highest BCUT2D eigenvalue weighted by atomic mass is 19.4. The predicted molar refractivity (Wildman–Crippen MR) is 84.5 cm³/mol. The van der Waals surface area contributed by atoms with Gasteiger partial charge in [0, 0.05) is 25.4 Å². The van der Waals surface area contributed by atoms with Gasteiger partial charge in [-0.05, 0) is 26.3 Å². The van der Waals surface area contributed by atoms with E-state index in [1.807, 2.05) is 6.92 Å². The molecule has 0 spiro atoms. The highest BCUT2D eigenvalue weighted by Crippen LogP contribution is 2.38. The van der Waals surface area contributed by atoms with Gasteiger partial charge in [-0.15, -0.1) is 0 Å². The molecule has 0 bridgehead atoms. The summed E-state index contributed by atoms with van der Waals surface area (Å²) >= 11 is 0. The maximum atomic E-state index is 13.6. The van der Waals surface area contributed by atoms with E-state index in [-0.39, 0.29) is 16.7 Å². The lowest BCUT2D eigenvalue weighted by Gasteiger charge is -2.11. The van der Waals surface area contributed by atoms with Crippen LogP contribution in [0.2, 0.25) is 0 Å². The third kappa shape index (κ3) is 2.65. The summed E-state index contributed by atoms with van der Waals surface area (Å²) in [5.41, 5.74) is 1.39. The average Bonchev–Trinajstić information content (AvgIpc) is 2.98. The van der Waals surface area contributed by atoms with Gasteiger partial charge in [0.25, 0.3) is 0 Å². The largest absolute Gasteiger partial charge is 0.417 e. The molecule has 0 saturated heterocycles. The van der Waals surface area contributed by atoms with Gasteiger partial charge in [-0.3, -0.25) is 4.68 Å². The van der Waals surface area contributed by atoms with Gasteiger partial charge in [0.1, 0.15) is 0 Å². The molecular weight excluding hydrogens is 319 g/mol. The quantitative estimate of drug-likeness (QED) is 0.729. The lowest BCUT2D eigenvalue weighted by Crippen LogP contribution is -2.08. The summed E-state index contributed by atoms with van der Waals surface area (Å²) in [5.74, 6) is 0. The molecule has 128 valence electrons. The average molecular weight is 337 g/mol. The number of aryl methyl sites for hydroxylation is 4. The van der Waals surface area contributed by atoms with Crippen LogP contribution in [0.3, 0.4) is 0 Å². The molecule has 3 aromatic rings. The van der Waals surface area contributed by atoms with E-state index in [4.69, 9.17) is 0 Å². The van der Waals surface area contributed by atoms with E-state index in [1.165, 1.54) is 0 Å². The number of fused-ring (bicyclic) bond motifs is 1. The first kappa shape index (κ1) is 16.5. The van der Waals surface area contributed by atoms with Crippen molar-refractivity contribution in [1.82, 2.24) is 24.5 Å². The summed E-state index contributed by atoms with van der Waals surface area (Å²) in [4.78, 5) is 4.48. The Morgan fingerprint density at radius 1 is 1.12 bits per heavy atom. The Balaban J connectivity index is 2.36. The minimum atomic E-state index is -4.48. The Morgan fingerprint density at radius 2 is 1.83 bits per heavy atom. The van der Waals surface area contributed by atoms with Crippen molar-refractivity contribution in [2.75, 3.05) is 0 Å². The van der Waals surface area contributed by atoms with Gasteiger partial charge in [-0.2, -0.15) is 23.4 Å². The van der Waals surface area contributed by atoms with Crippen molar-refractivity contribution in [1.29, 1.82) is 0 Å². The number of hydrogen-bond donors (Lipinski definition) is 0. The van der Waals surface area contributed by atoms with Gasteiger partial charge in [0.15, 0.2) is 5.65 Å². The summed E-state index contributed by atoms with van der Waals surface area (Å²) in [6.45, 7) is 5.80. The summed E-state index contributed by atoms with van der Waals surface area (Å²) < 4.78 is 43.9. The fourth-order valence-electron chi connectivity index (χ4n) is 2.93. The Kier molecular flexibility index (Phi) is 3.85. The third-order valence-electron chi connectivity index (χ3n) is 3.91. The smallest absolute Gasteiger partial charge is 0.275 e. The van der Waals surface area contributed by atoms with E-state index in [9.17, 15) is 13.2 Å². The van der Waals surface area contributed by atoms with Gasteiger partial charge in [-0.1, -0.05) is 6.92 Å².